The number of nitrogens with one attached hydrogen (secondary N) is 4. The number of imidazole rings is 2. The zero-order chi connectivity index (χ0) is 40.7. The van der Waals surface area contributed by atoms with E-state index >= 15 is 4.39 Å². The summed E-state index contributed by atoms with van der Waals surface area (Å²) < 4.78 is 30.5. The maximum Gasteiger partial charge on any atom is 0.407 e. The Morgan fingerprint density at radius 2 is 1.80 bits per heavy atom. The van der Waals surface area contributed by atoms with Gasteiger partial charge in [0.05, 0.1) is 69.6 Å². The first kappa shape index (κ1) is 37.7. The molecule has 2 aromatic carbocycles. The standard InChI is InChI=1S/C44H48FN9O4S/c1-21(2)11-37-46-20-36(59-37)43-54-32-9-8-23(30-18-47-40(50-30)29-15-25-14-28(25)49-29)12-26(32)16-34(54)38-27(45)13-24(17-35(38)58-43)31-19-48-41(51-31)33-7-6-10-53(33)42(55)39(22(3)4)52-44(56)57-5/h8-9,12-13,16-22,25,28-29,33,39,43,49H,6-7,10-11,14-15H2,1-5H3,(H,47,50)(H,48,51)(H,52,56)/t25-,28+,29-,33-,39-,43?/m0/s1. The summed E-state index contributed by atoms with van der Waals surface area (Å²) in [4.78, 5) is 49.7. The Kier molecular flexibility index (Phi) is 9.35. The fraction of sp³-hybridized carbons (Fsp3) is 0.432. The van der Waals surface area contributed by atoms with E-state index in [0.717, 1.165) is 68.7 Å². The van der Waals surface area contributed by atoms with E-state index in [9.17, 15) is 9.59 Å². The van der Waals surface area contributed by atoms with Crippen molar-refractivity contribution in [2.24, 2.45) is 17.8 Å². The van der Waals surface area contributed by atoms with E-state index in [4.69, 9.17) is 24.4 Å². The van der Waals surface area contributed by atoms with Gasteiger partial charge in [-0.15, -0.1) is 11.3 Å². The molecule has 59 heavy (non-hydrogen) atoms. The van der Waals surface area contributed by atoms with Crippen LogP contribution in [-0.2, 0) is 16.0 Å². The number of rotatable bonds is 10. The first-order valence-electron chi connectivity index (χ1n) is 20.6. The smallest absolute Gasteiger partial charge is 0.407 e. The van der Waals surface area contributed by atoms with Crippen LogP contribution in [0, 0.1) is 23.6 Å². The number of alkyl carbamates (subject to hydrolysis) is 1. The molecule has 0 spiro atoms. The lowest BCUT2D eigenvalue weighted by atomic mass is 10.0. The number of H-pyrrole nitrogens is 2. The van der Waals surface area contributed by atoms with Gasteiger partial charge in [0.1, 0.15) is 29.3 Å². The molecule has 10 rings (SSSR count). The summed E-state index contributed by atoms with van der Waals surface area (Å²) in [6.45, 7) is 8.65. The van der Waals surface area contributed by atoms with Crippen LogP contribution in [0.2, 0.25) is 0 Å². The van der Waals surface area contributed by atoms with E-state index < -0.39 is 24.2 Å². The number of fused-ring (bicyclic) bond motifs is 6. The number of methoxy groups -OCH3 is 1. The van der Waals surface area contributed by atoms with Crippen molar-refractivity contribution in [1.29, 1.82) is 0 Å². The van der Waals surface area contributed by atoms with Gasteiger partial charge in [-0.05, 0) is 73.8 Å². The molecule has 1 saturated carbocycles. The third-order valence-electron chi connectivity index (χ3n) is 12.3. The molecule has 6 atom stereocenters. The first-order valence-corrected chi connectivity index (χ1v) is 21.5. The molecular weight excluding hydrogens is 770 g/mol. The number of ether oxygens (including phenoxy) is 2. The Balaban J connectivity index is 0.993. The maximum absolute atomic E-state index is 16.7. The number of carbonyl (C=O) groups is 2. The van der Waals surface area contributed by atoms with Crippen molar-refractivity contribution >= 4 is 34.2 Å². The number of piperidine rings is 1. The van der Waals surface area contributed by atoms with Crippen LogP contribution >= 0.6 is 11.3 Å². The molecule has 3 fully saturated rings. The van der Waals surface area contributed by atoms with Crippen molar-refractivity contribution in [2.75, 3.05) is 13.7 Å². The van der Waals surface area contributed by atoms with E-state index in [2.05, 4.69) is 63.3 Å². The second kappa shape index (κ2) is 14.6. The number of halogens is 1. The number of hydrogen-bond donors (Lipinski definition) is 4. The van der Waals surface area contributed by atoms with Crippen LogP contribution in [0.5, 0.6) is 5.75 Å². The highest BCUT2D eigenvalue weighted by atomic mass is 32.1. The van der Waals surface area contributed by atoms with Crippen LogP contribution in [0.25, 0.3) is 44.7 Å². The predicted molar refractivity (Wildman–Crippen MR) is 222 cm³/mol. The van der Waals surface area contributed by atoms with Gasteiger partial charge in [0.2, 0.25) is 12.1 Å². The molecule has 1 unspecified atom stereocenters. The maximum atomic E-state index is 16.7. The minimum atomic E-state index is -0.748. The Morgan fingerprint density at radius 3 is 2.56 bits per heavy atom. The number of benzene rings is 2. The highest BCUT2D eigenvalue weighted by molar-refractivity contribution is 7.11. The second-order valence-corrected chi connectivity index (χ2v) is 18.3. The van der Waals surface area contributed by atoms with Crippen LogP contribution in [0.4, 0.5) is 9.18 Å². The fourth-order valence-electron chi connectivity index (χ4n) is 9.21. The molecule has 4 aromatic heterocycles. The molecule has 2 amide bonds. The molecule has 7 heterocycles. The van der Waals surface area contributed by atoms with E-state index in [1.165, 1.54) is 19.6 Å². The number of carbonyl (C=O) groups excluding carboxylic acids is 2. The van der Waals surface area contributed by atoms with Gasteiger partial charge in [-0.3, -0.25) is 9.36 Å². The lowest BCUT2D eigenvalue weighted by molar-refractivity contribution is -0.135. The number of hydrogen-bond acceptors (Lipinski definition) is 9. The lowest BCUT2D eigenvalue weighted by Gasteiger charge is -2.30. The van der Waals surface area contributed by atoms with E-state index in [1.807, 2.05) is 32.3 Å². The Bertz CT molecular complexity index is 2580. The van der Waals surface area contributed by atoms with Gasteiger partial charge in [-0.25, -0.2) is 24.1 Å². The zero-order valence-electron chi connectivity index (χ0n) is 33.7. The summed E-state index contributed by atoms with van der Waals surface area (Å²) in [5.41, 5.74) is 5.15. The molecule has 6 aromatic rings. The quantitative estimate of drug-likeness (QED) is 0.108. The van der Waals surface area contributed by atoms with Crippen LogP contribution in [0.1, 0.15) is 93.2 Å². The van der Waals surface area contributed by atoms with Gasteiger partial charge < -0.3 is 35.0 Å². The number of amides is 2. The summed E-state index contributed by atoms with van der Waals surface area (Å²) in [5, 5.41) is 8.36. The Morgan fingerprint density at radius 1 is 1.00 bits per heavy atom. The van der Waals surface area contributed by atoms with E-state index in [0.29, 0.717) is 53.3 Å². The number of aromatic amines is 2. The van der Waals surface area contributed by atoms with Gasteiger partial charge in [-0.1, -0.05) is 33.8 Å². The lowest BCUT2D eigenvalue weighted by Crippen LogP contribution is -2.51. The largest absolute Gasteiger partial charge is 0.464 e. The van der Waals surface area contributed by atoms with Gasteiger partial charge in [0, 0.05) is 41.7 Å². The molecule has 2 saturated heterocycles. The molecule has 4 aliphatic rings. The minimum Gasteiger partial charge on any atom is -0.464 e. The number of nitrogens with zero attached hydrogens (tertiary/aromatic N) is 5. The summed E-state index contributed by atoms with van der Waals surface area (Å²) in [6, 6.07) is 11.5. The van der Waals surface area contributed by atoms with Crippen molar-refractivity contribution < 1.29 is 23.5 Å². The monoisotopic (exact) mass is 817 g/mol. The fourth-order valence-corrected chi connectivity index (χ4v) is 10.4. The molecule has 0 radical (unpaired) electrons. The van der Waals surface area contributed by atoms with E-state index in [-0.39, 0.29) is 23.9 Å². The number of aromatic nitrogens is 6. The van der Waals surface area contributed by atoms with Crippen LogP contribution in [0.3, 0.4) is 0 Å². The highest BCUT2D eigenvalue weighted by Crippen LogP contribution is 2.49. The molecule has 0 bridgehead atoms. The number of likely N-dealkylation sites (tertiary alicyclic amines) is 1. The van der Waals surface area contributed by atoms with Crippen LogP contribution in [-0.4, -0.2) is 72.1 Å². The molecule has 3 aliphatic heterocycles. The van der Waals surface area contributed by atoms with Crippen LogP contribution < -0.4 is 15.4 Å². The molecule has 306 valence electrons. The van der Waals surface area contributed by atoms with Crippen molar-refractivity contribution in [3.8, 4) is 39.5 Å². The van der Waals surface area contributed by atoms with Gasteiger partial charge in [-0.2, -0.15) is 0 Å². The van der Waals surface area contributed by atoms with Crippen molar-refractivity contribution in [3.63, 3.8) is 0 Å². The molecule has 13 nitrogen and oxygen atoms in total. The molecule has 15 heteroatoms. The first-order chi connectivity index (χ1) is 28.5. The van der Waals surface area contributed by atoms with E-state index in [1.54, 1.807) is 22.4 Å². The third kappa shape index (κ3) is 6.77. The summed E-state index contributed by atoms with van der Waals surface area (Å²) in [7, 11) is 1.28. The molecule has 4 N–H and O–H groups in total. The average Bonchev–Trinajstić information content (AvgIpc) is 3.98. The van der Waals surface area contributed by atoms with Crippen LogP contribution in [0.15, 0.2) is 55.0 Å². The summed E-state index contributed by atoms with van der Waals surface area (Å²) in [6.07, 6.45) is 8.96. The third-order valence-corrected chi connectivity index (χ3v) is 13.3. The second-order valence-electron chi connectivity index (χ2n) is 17.2. The Hall–Kier alpha value is -5.54. The zero-order valence-corrected chi connectivity index (χ0v) is 34.5. The van der Waals surface area contributed by atoms with Crippen molar-refractivity contribution in [3.05, 3.63) is 82.3 Å². The summed E-state index contributed by atoms with van der Waals surface area (Å²) in [5.74, 6) is 2.43. The van der Waals surface area contributed by atoms with Crippen molar-refractivity contribution in [2.45, 2.75) is 90.2 Å². The summed E-state index contributed by atoms with van der Waals surface area (Å²) >= 11 is 1.62. The molecular formula is C44H48FN9O4S. The minimum absolute atomic E-state index is 0.154. The topological polar surface area (TPSA) is 155 Å². The van der Waals surface area contributed by atoms with Crippen molar-refractivity contribution in [1.82, 2.24) is 45.0 Å². The Labute approximate surface area is 345 Å². The highest BCUT2D eigenvalue weighted by Gasteiger charge is 2.47. The molecule has 1 aliphatic carbocycles. The normalized spacial score (nSPS) is 22.4. The van der Waals surface area contributed by atoms with Gasteiger partial charge >= 0.3 is 6.09 Å². The number of thiazole rings is 1. The SMILES string of the molecule is COC(=O)N[C@H](C(=O)N1CCC[C@H]1c1ncc(-c2cc(F)c3c(c2)OC(c2cnc(CC(C)C)s2)n2c-3cc3cc(-c4cnc([C@@H]5C[C@@H]6C[C@H]6N5)[nH]4)ccc32)[nH]1)C(C)C. The predicted octanol–water partition coefficient (Wildman–Crippen LogP) is 8.29. The van der Waals surface area contributed by atoms with Gasteiger partial charge in [0.25, 0.3) is 0 Å². The van der Waals surface area contributed by atoms with Gasteiger partial charge in [0.15, 0.2) is 0 Å². The average molecular weight is 818 g/mol.